The Hall–Kier alpha value is -0.130. The maximum Gasteiger partial charge on any atom is 0.267 e. The molecule has 170 valence electrons. The highest BCUT2D eigenvalue weighted by atomic mass is 32.2. The predicted molar refractivity (Wildman–Crippen MR) is 120 cm³/mol. The molecule has 0 aliphatic carbocycles. The van der Waals surface area contributed by atoms with Crippen LogP contribution in [0.3, 0.4) is 0 Å². The lowest BCUT2D eigenvalue weighted by molar-refractivity contribution is 0.147. The van der Waals surface area contributed by atoms with Crippen LogP contribution in [-0.2, 0) is 10.1 Å². The zero-order chi connectivity index (χ0) is 21.1. The SMILES string of the molecule is CCCCCCCCCCC(CCCCCC(O)CCCCCC)S(=O)(=O)O. The van der Waals surface area contributed by atoms with Crippen LogP contribution in [0.5, 0.6) is 0 Å². The Labute approximate surface area is 175 Å². The van der Waals surface area contributed by atoms with Crippen LogP contribution in [-0.4, -0.2) is 29.4 Å². The summed E-state index contributed by atoms with van der Waals surface area (Å²) in [6, 6.07) is 0. The molecule has 2 atom stereocenters. The maximum absolute atomic E-state index is 11.6. The second kappa shape index (κ2) is 18.9. The minimum absolute atomic E-state index is 0.216. The molecule has 0 aromatic heterocycles. The fourth-order valence-electron chi connectivity index (χ4n) is 3.83. The van der Waals surface area contributed by atoms with Crippen molar-refractivity contribution < 1.29 is 18.1 Å². The average Bonchev–Trinajstić information content (AvgIpc) is 2.64. The van der Waals surface area contributed by atoms with Crippen LogP contribution in [0.4, 0.5) is 0 Å². The van der Waals surface area contributed by atoms with E-state index >= 15 is 0 Å². The van der Waals surface area contributed by atoms with Gasteiger partial charge in [-0.1, -0.05) is 110 Å². The molecule has 4 nitrogen and oxygen atoms in total. The maximum atomic E-state index is 11.6. The number of unbranched alkanes of at least 4 members (excludes halogenated alkanes) is 12. The van der Waals surface area contributed by atoms with Crippen molar-refractivity contribution in [1.29, 1.82) is 0 Å². The average molecular weight is 421 g/mol. The summed E-state index contributed by atoms with van der Waals surface area (Å²) in [6.45, 7) is 4.40. The Kier molecular flexibility index (Phi) is 18.8. The van der Waals surface area contributed by atoms with Crippen molar-refractivity contribution in [3.8, 4) is 0 Å². The van der Waals surface area contributed by atoms with Gasteiger partial charge in [0.15, 0.2) is 0 Å². The lowest BCUT2D eigenvalue weighted by atomic mass is 10.0. The molecule has 0 spiro atoms. The molecule has 0 aliphatic heterocycles. The van der Waals surface area contributed by atoms with Gasteiger partial charge in [-0.25, -0.2) is 0 Å². The quantitative estimate of drug-likeness (QED) is 0.154. The molecule has 28 heavy (non-hydrogen) atoms. The minimum atomic E-state index is -3.94. The monoisotopic (exact) mass is 420 g/mol. The zero-order valence-electron chi connectivity index (χ0n) is 18.7. The van der Waals surface area contributed by atoms with E-state index in [2.05, 4.69) is 13.8 Å². The van der Waals surface area contributed by atoms with Crippen LogP contribution in [0, 0.1) is 0 Å². The van der Waals surface area contributed by atoms with Gasteiger partial charge >= 0.3 is 0 Å². The van der Waals surface area contributed by atoms with Crippen LogP contribution >= 0.6 is 0 Å². The molecule has 0 saturated carbocycles. The molecular weight excluding hydrogens is 372 g/mol. The van der Waals surface area contributed by atoms with E-state index in [9.17, 15) is 18.1 Å². The van der Waals surface area contributed by atoms with Gasteiger partial charge in [0.05, 0.1) is 11.4 Å². The standard InChI is InChI=1S/C23H48O4S/c1-3-5-7-9-10-11-12-16-20-23(28(25,26)27)21-17-13-15-19-22(24)18-14-8-6-4-2/h22-24H,3-21H2,1-2H3,(H,25,26,27). The molecule has 2 unspecified atom stereocenters. The lowest BCUT2D eigenvalue weighted by Crippen LogP contribution is -2.20. The fourth-order valence-corrected chi connectivity index (χ4v) is 4.76. The van der Waals surface area contributed by atoms with Crippen LogP contribution < -0.4 is 0 Å². The highest BCUT2D eigenvalue weighted by molar-refractivity contribution is 7.86. The summed E-state index contributed by atoms with van der Waals surface area (Å²) in [5, 5.41) is 9.38. The molecule has 0 heterocycles. The van der Waals surface area contributed by atoms with Crippen LogP contribution in [0.1, 0.15) is 136 Å². The van der Waals surface area contributed by atoms with E-state index in [1.807, 2.05) is 0 Å². The molecule has 0 rings (SSSR count). The smallest absolute Gasteiger partial charge is 0.267 e. The number of hydrogen-bond donors (Lipinski definition) is 2. The third kappa shape index (κ3) is 17.9. The third-order valence-electron chi connectivity index (χ3n) is 5.76. The Morgan fingerprint density at radius 2 is 0.893 bits per heavy atom. The van der Waals surface area contributed by atoms with Crippen molar-refractivity contribution in [1.82, 2.24) is 0 Å². The van der Waals surface area contributed by atoms with Gasteiger partial charge in [0.2, 0.25) is 0 Å². The molecule has 0 aromatic carbocycles. The van der Waals surface area contributed by atoms with Crippen molar-refractivity contribution in [3.63, 3.8) is 0 Å². The van der Waals surface area contributed by atoms with Crippen molar-refractivity contribution in [2.45, 2.75) is 147 Å². The molecule has 5 heteroatoms. The van der Waals surface area contributed by atoms with Crippen LogP contribution in [0.15, 0.2) is 0 Å². The number of aliphatic hydroxyl groups is 1. The van der Waals surface area contributed by atoms with Gasteiger partial charge in [-0.05, 0) is 25.7 Å². The normalized spacial score (nSPS) is 14.3. The van der Waals surface area contributed by atoms with Gasteiger partial charge < -0.3 is 5.11 Å². The number of aliphatic hydroxyl groups excluding tert-OH is 1. The molecule has 0 radical (unpaired) electrons. The largest absolute Gasteiger partial charge is 0.393 e. The predicted octanol–water partition coefficient (Wildman–Crippen LogP) is 7.06. The summed E-state index contributed by atoms with van der Waals surface area (Å²) in [4.78, 5) is 0. The topological polar surface area (TPSA) is 74.6 Å². The van der Waals surface area contributed by atoms with Gasteiger partial charge in [-0.3, -0.25) is 4.55 Å². The van der Waals surface area contributed by atoms with Crippen molar-refractivity contribution >= 4 is 10.1 Å². The molecule has 2 N–H and O–H groups in total. The first kappa shape index (κ1) is 27.9. The molecule has 0 aliphatic rings. The summed E-state index contributed by atoms with van der Waals surface area (Å²) < 4.78 is 32.8. The van der Waals surface area contributed by atoms with E-state index in [1.54, 1.807) is 0 Å². The van der Waals surface area contributed by atoms with Crippen LogP contribution in [0.2, 0.25) is 0 Å². The fraction of sp³-hybridized carbons (Fsp3) is 1.00. The second-order valence-electron chi connectivity index (χ2n) is 8.54. The summed E-state index contributed by atoms with van der Waals surface area (Å²) in [5.74, 6) is 0. The van der Waals surface area contributed by atoms with E-state index in [0.717, 1.165) is 57.8 Å². The molecule has 0 saturated heterocycles. The Bertz CT molecular complexity index is 422. The minimum Gasteiger partial charge on any atom is -0.393 e. The van der Waals surface area contributed by atoms with Crippen molar-refractivity contribution in [2.24, 2.45) is 0 Å². The first-order valence-electron chi connectivity index (χ1n) is 12.1. The Balaban J connectivity index is 3.79. The van der Waals surface area contributed by atoms with E-state index in [0.29, 0.717) is 12.8 Å². The van der Waals surface area contributed by atoms with E-state index in [4.69, 9.17) is 0 Å². The van der Waals surface area contributed by atoms with Gasteiger partial charge in [-0.2, -0.15) is 8.42 Å². The first-order valence-corrected chi connectivity index (χ1v) is 13.6. The van der Waals surface area contributed by atoms with Gasteiger partial charge in [0.25, 0.3) is 10.1 Å². The second-order valence-corrected chi connectivity index (χ2v) is 10.2. The molecule has 0 fully saturated rings. The van der Waals surface area contributed by atoms with E-state index < -0.39 is 15.4 Å². The number of hydrogen-bond acceptors (Lipinski definition) is 3. The Morgan fingerprint density at radius 3 is 1.32 bits per heavy atom. The Morgan fingerprint density at radius 1 is 0.571 bits per heavy atom. The van der Waals surface area contributed by atoms with Gasteiger partial charge in [0.1, 0.15) is 0 Å². The van der Waals surface area contributed by atoms with Gasteiger partial charge in [-0.15, -0.1) is 0 Å². The van der Waals surface area contributed by atoms with Crippen molar-refractivity contribution in [3.05, 3.63) is 0 Å². The number of rotatable bonds is 21. The highest BCUT2D eigenvalue weighted by Gasteiger charge is 2.21. The van der Waals surface area contributed by atoms with E-state index in [1.165, 1.54) is 51.4 Å². The van der Waals surface area contributed by atoms with Gasteiger partial charge in [0, 0.05) is 0 Å². The van der Waals surface area contributed by atoms with Crippen LogP contribution in [0.25, 0.3) is 0 Å². The molecular formula is C23H48O4S. The summed E-state index contributed by atoms with van der Waals surface area (Å²) >= 11 is 0. The summed E-state index contributed by atoms with van der Waals surface area (Å²) in [6.07, 6.45) is 19.5. The summed E-state index contributed by atoms with van der Waals surface area (Å²) in [7, 11) is -3.94. The highest BCUT2D eigenvalue weighted by Crippen LogP contribution is 2.19. The summed E-state index contributed by atoms with van der Waals surface area (Å²) in [5.41, 5.74) is 0. The lowest BCUT2D eigenvalue weighted by Gasteiger charge is -2.14. The molecule has 0 amide bonds. The van der Waals surface area contributed by atoms with Crippen molar-refractivity contribution in [2.75, 3.05) is 0 Å². The first-order chi connectivity index (χ1) is 13.4. The molecule has 0 bridgehead atoms. The third-order valence-corrected chi connectivity index (χ3v) is 7.07. The zero-order valence-corrected chi connectivity index (χ0v) is 19.5. The van der Waals surface area contributed by atoms with E-state index in [-0.39, 0.29) is 6.10 Å². The molecule has 0 aromatic rings.